The minimum Gasteiger partial charge on any atom is -0.478 e. The quantitative estimate of drug-likeness (QED) is 0.325. The topological polar surface area (TPSA) is 134 Å². The lowest BCUT2D eigenvalue weighted by Crippen LogP contribution is -2.11. The molecule has 0 radical (unpaired) electrons. The zero-order chi connectivity index (χ0) is 17.9. The van der Waals surface area contributed by atoms with Crippen molar-refractivity contribution in [2.45, 2.75) is 25.7 Å². The number of aryl methyl sites for hydroxylation is 2. The van der Waals surface area contributed by atoms with Gasteiger partial charge in [-0.25, -0.2) is 9.59 Å². The summed E-state index contributed by atoms with van der Waals surface area (Å²) in [5, 5.41) is 35.8. The molecular formula is C16H22O8. The Bertz CT molecular complexity index is 510. The number of ether oxygens (including phenoxy) is 2. The van der Waals surface area contributed by atoms with Crippen molar-refractivity contribution in [1.29, 1.82) is 0 Å². The van der Waals surface area contributed by atoms with Crippen molar-refractivity contribution in [2.24, 2.45) is 0 Å². The SMILES string of the molecule is O=C(O)c1cc(C(=O)O)c(CCCOCO)cc1CCCOCO. The molecule has 0 heterocycles. The van der Waals surface area contributed by atoms with Crippen molar-refractivity contribution < 1.29 is 39.5 Å². The fourth-order valence-corrected chi connectivity index (χ4v) is 2.37. The summed E-state index contributed by atoms with van der Waals surface area (Å²) >= 11 is 0. The van der Waals surface area contributed by atoms with Crippen LogP contribution in [0.4, 0.5) is 0 Å². The zero-order valence-electron chi connectivity index (χ0n) is 13.2. The second-order valence-corrected chi connectivity index (χ2v) is 5.06. The zero-order valence-corrected chi connectivity index (χ0v) is 13.2. The van der Waals surface area contributed by atoms with Crippen LogP contribution in [0.2, 0.25) is 0 Å². The molecule has 0 fully saturated rings. The van der Waals surface area contributed by atoms with Gasteiger partial charge in [0.15, 0.2) is 0 Å². The Labute approximate surface area is 139 Å². The minimum absolute atomic E-state index is 0.0493. The first kappa shape index (κ1) is 20.0. The average Bonchev–Trinajstić information content (AvgIpc) is 2.55. The molecule has 0 saturated heterocycles. The van der Waals surface area contributed by atoms with Crippen LogP contribution in [0.25, 0.3) is 0 Å². The number of benzene rings is 1. The van der Waals surface area contributed by atoms with Gasteiger partial charge in [0.2, 0.25) is 0 Å². The fourth-order valence-electron chi connectivity index (χ4n) is 2.37. The summed E-state index contributed by atoms with van der Waals surface area (Å²) in [7, 11) is 0. The van der Waals surface area contributed by atoms with Crippen LogP contribution in [-0.2, 0) is 22.3 Å². The van der Waals surface area contributed by atoms with E-state index in [0.717, 1.165) is 0 Å². The third kappa shape index (κ3) is 6.25. The second-order valence-electron chi connectivity index (χ2n) is 5.06. The standard InChI is InChI=1S/C16H22O8/c17-9-23-5-1-3-11-7-12(4-2-6-24-10-18)14(16(21)22)8-13(11)15(19)20/h7-8,17-18H,1-6,9-10H2,(H,19,20)(H,21,22). The van der Waals surface area contributed by atoms with Gasteiger partial charge >= 0.3 is 11.9 Å². The van der Waals surface area contributed by atoms with Crippen LogP contribution in [0.3, 0.4) is 0 Å². The third-order valence-electron chi connectivity index (χ3n) is 3.44. The van der Waals surface area contributed by atoms with E-state index in [1.165, 1.54) is 6.07 Å². The Morgan fingerprint density at radius 3 is 1.54 bits per heavy atom. The first-order chi connectivity index (χ1) is 11.5. The lowest BCUT2D eigenvalue weighted by atomic mass is 9.93. The van der Waals surface area contributed by atoms with Crippen LogP contribution < -0.4 is 0 Å². The maximum atomic E-state index is 11.4. The van der Waals surface area contributed by atoms with Crippen molar-refractivity contribution in [3.63, 3.8) is 0 Å². The summed E-state index contributed by atoms with van der Waals surface area (Å²) in [6.45, 7) is -0.258. The number of hydrogen-bond acceptors (Lipinski definition) is 6. The van der Waals surface area contributed by atoms with Crippen molar-refractivity contribution in [3.8, 4) is 0 Å². The molecule has 0 atom stereocenters. The first-order valence-corrected chi connectivity index (χ1v) is 7.50. The van der Waals surface area contributed by atoms with Gasteiger partial charge in [-0.3, -0.25) is 0 Å². The average molecular weight is 342 g/mol. The maximum Gasteiger partial charge on any atom is 0.335 e. The largest absolute Gasteiger partial charge is 0.478 e. The highest BCUT2D eigenvalue weighted by Gasteiger charge is 2.18. The summed E-state index contributed by atoms with van der Waals surface area (Å²) < 4.78 is 9.63. The summed E-state index contributed by atoms with van der Waals surface area (Å²) in [5.74, 6) is -2.38. The van der Waals surface area contributed by atoms with E-state index in [2.05, 4.69) is 0 Å². The van der Waals surface area contributed by atoms with Crippen LogP contribution in [0.5, 0.6) is 0 Å². The Balaban J connectivity index is 3.01. The highest BCUT2D eigenvalue weighted by Crippen LogP contribution is 2.21. The third-order valence-corrected chi connectivity index (χ3v) is 3.44. The molecule has 0 aliphatic rings. The molecule has 1 aromatic carbocycles. The number of aliphatic hydroxyl groups is 2. The van der Waals surface area contributed by atoms with Crippen molar-refractivity contribution >= 4 is 11.9 Å². The molecular weight excluding hydrogens is 320 g/mol. The lowest BCUT2D eigenvalue weighted by Gasteiger charge is -2.13. The number of carboxylic acids is 2. The monoisotopic (exact) mass is 342 g/mol. The van der Waals surface area contributed by atoms with Gasteiger partial charge in [-0.15, -0.1) is 0 Å². The first-order valence-electron chi connectivity index (χ1n) is 7.50. The summed E-state index contributed by atoms with van der Waals surface area (Å²) in [6.07, 6.45) is 1.78. The molecule has 134 valence electrons. The number of carboxylic acid groups (broad SMARTS) is 2. The van der Waals surface area contributed by atoms with Gasteiger partial charge in [-0.1, -0.05) is 6.07 Å². The Morgan fingerprint density at radius 1 is 0.792 bits per heavy atom. The Hall–Kier alpha value is -2.00. The van der Waals surface area contributed by atoms with E-state index in [9.17, 15) is 19.8 Å². The predicted molar refractivity (Wildman–Crippen MR) is 83.1 cm³/mol. The van der Waals surface area contributed by atoms with Crippen LogP contribution >= 0.6 is 0 Å². The van der Waals surface area contributed by atoms with Gasteiger partial charge in [-0.2, -0.15) is 0 Å². The van der Waals surface area contributed by atoms with E-state index >= 15 is 0 Å². The smallest absolute Gasteiger partial charge is 0.335 e. The Kier molecular flexibility index (Phi) is 8.95. The van der Waals surface area contributed by atoms with Crippen LogP contribution in [0.15, 0.2) is 12.1 Å². The molecule has 0 saturated carbocycles. The normalized spacial score (nSPS) is 10.8. The molecule has 8 heteroatoms. The molecule has 0 amide bonds. The molecule has 1 rings (SSSR count). The number of hydrogen-bond donors (Lipinski definition) is 4. The number of aromatic carboxylic acids is 2. The highest BCUT2D eigenvalue weighted by atomic mass is 16.6. The van der Waals surface area contributed by atoms with Crippen LogP contribution in [0.1, 0.15) is 44.7 Å². The fraction of sp³-hybridized carbons (Fsp3) is 0.500. The van der Waals surface area contributed by atoms with Crippen LogP contribution in [0, 0.1) is 0 Å². The van der Waals surface area contributed by atoms with Gasteiger partial charge in [0.05, 0.1) is 11.1 Å². The molecule has 8 nitrogen and oxygen atoms in total. The summed E-state index contributed by atoms with van der Waals surface area (Å²) in [6, 6.07) is 2.76. The number of carbonyl (C=O) groups is 2. The van der Waals surface area contributed by atoms with E-state index in [1.807, 2.05) is 0 Å². The molecule has 0 aliphatic carbocycles. The van der Waals surface area contributed by atoms with E-state index in [0.29, 0.717) is 36.8 Å². The van der Waals surface area contributed by atoms with E-state index in [-0.39, 0.29) is 24.3 Å². The van der Waals surface area contributed by atoms with Gasteiger partial charge in [0.25, 0.3) is 0 Å². The predicted octanol–water partition coefficient (Wildman–Crippen LogP) is 0.881. The van der Waals surface area contributed by atoms with Crippen molar-refractivity contribution in [3.05, 3.63) is 34.4 Å². The molecule has 0 spiro atoms. The maximum absolute atomic E-state index is 11.4. The second kappa shape index (κ2) is 10.7. The van der Waals surface area contributed by atoms with E-state index in [1.54, 1.807) is 6.07 Å². The van der Waals surface area contributed by atoms with Crippen molar-refractivity contribution in [1.82, 2.24) is 0 Å². The summed E-state index contributed by atoms with van der Waals surface area (Å²) in [5.41, 5.74) is 0.942. The number of rotatable bonds is 12. The molecule has 24 heavy (non-hydrogen) atoms. The van der Waals surface area contributed by atoms with Gasteiger partial charge in [-0.05, 0) is 42.9 Å². The van der Waals surface area contributed by atoms with Gasteiger partial charge in [0.1, 0.15) is 13.6 Å². The van der Waals surface area contributed by atoms with E-state index in [4.69, 9.17) is 19.7 Å². The molecule has 0 bridgehead atoms. The summed E-state index contributed by atoms with van der Waals surface area (Å²) in [4.78, 5) is 22.8. The van der Waals surface area contributed by atoms with Gasteiger partial charge in [0, 0.05) is 13.2 Å². The van der Waals surface area contributed by atoms with Crippen molar-refractivity contribution in [2.75, 3.05) is 26.8 Å². The lowest BCUT2D eigenvalue weighted by molar-refractivity contribution is -0.00231. The molecule has 0 unspecified atom stereocenters. The molecule has 1 aromatic rings. The highest BCUT2D eigenvalue weighted by molar-refractivity contribution is 5.96. The minimum atomic E-state index is -1.19. The Morgan fingerprint density at radius 2 is 1.21 bits per heavy atom. The molecule has 4 N–H and O–H groups in total. The van der Waals surface area contributed by atoms with Gasteiger partial charge < -0.3 is 29.9 Å². The molecule has 0 aliphatic heterocycles. The van der Waals surface area contributed by atoms with Crippen LogP contribution in [-0.4, -0.2) is 59.2 Å². The van der Waals surface area contributed by atoms with E-state index < -0.39 is 25.5 Å². The number of aliphatic hydroxyl groups excluding tert-OH is 2. The molecule has 0 aromatic heterocycles.